The quantitative estimate of drug-likeness (QED) is 0.377. The fourth-order valence-electron chi connectivity index (χ4n) is 0.192. The van der Waals surface area contributed by atoms with Crippen LogP contribution in [0.2, 0.25) is 0 Å². The van der Waals surface area contributed by atoms with E-state index in [1.54, 1.807) is 5.37 Å². The van der Waals surface area contributed by atoms with Gasteiger partial charge in [0.05, 0.1) is 0 Å². The molecule has 0 saturated heterocycles. The first-order valence-corrected chi connectivity index (χ1v) is 2.43. The lowest BCUT2D eigenvalue weighted by molar-refractivity contribution is 1.53. The first-order chi connectivity index (χ1) is 2.91. The van der Waals surface area contributed by atoms with Gasteiger partial charge in [-0.1, -0.05) is 24.4 Å². The zero-order valence-corrected chi connectivity index (χ0v) is 4.66. The van der Waals surface area contributed by atoms with Gasteiger partial charge in [0.1, 0.15) is 0 Å². The van der Waals surface area contributed by atoms with Crippen molar-refractivity contribution in [3.05, 3.63) is 12.2 Å². The standard InChI is InChI=1S/C5H8S/c1-2-3-4-5-6/h2-3,5H,4H2,1H3. The smallest absolute Gasteiger partial charge is 0.00640 e. The van der Waals surface area contributed by atoms with E-state index in [4.69, 9.17) is 0 Å². The van der Waals surface area contributed by atoms with Crippen molar-refractivity contribution in [3.8, 4) is 0 Å². The van der Waals surface area contributed by atoms with E-state index in [1.807, 2.05) is 19.1 Å². The van der Waals surface area contributed by atoms with Crippen molar-refractivity contribution in [2.45, 2.75) is 13.3 Å². The van der Waals surface area contributed by atoms with Crippen molar-refractivity contribution >= 4 is 17.6 Å². The van der Waals surface area contributed by atoms with Crippen LogP contribution in [0, 0.1) is 0 Å². The molecule has 0 aliphatic carbocycles. The number of allylic oxidation sites excluding steroid dienone is 2. The highest BCUT2D eigenvalue weighted by Crippen LogP contribution is 1.74. The van der Waals surface area contributed by atoms with Crippen molar-refractivity contribution in [2.24, 2.45) is 0 Å². The highest BCUT2D eigenvalue weighted by molar-refractivity contribution is 7.78. The Kier molecular flexibility index (Phi) is 4.69. The second-order valence-electron chi connectivity index (χ2n) is 0.971. The van der Waals surface area contributed by atoms with Gasteiger partial charge in [0, 0.05) is 0 Å². The molecule has 1 heteroatoms. The van der Waals surface area contributed by atoms with Gasteiger partial charge < -0.3 is 0 Å². The molecule has 0 atom stereocenters. The molecule has 0 aromatic carbocycles. The Bertz CT molecular complexity index is 55.0. The zero-order valence-electron chi connectivity index (χ0n) is 3.85. The molecule has 0 saturated carbocycles. The summed E-state index contributed by atoms with van der Waals surface area (Å²) in [6, 6.07) is 0. The predicted molar refractivity (Wildman–Crippen MR) is 33.1 cm³/mol. The summed E-state index contributed by atoms with van der Waals surface area (Å²) in [5.41, 5.74) is 0. The van der Waals surface area contributed by atoms with Crippen LogP contribution >= 0.6 is 12.2 Å². The lowest BCUT2D eigenvalue weighted by Gasteiger charge is -1.68. The topological polar surface area (TPSA) is 0 Å². The molecule has 0 aromatic heterocycles. The van der Waals surface area contributed by atoms with Crippen LogP contribution in [0.25, 0.3) is 0 Å². The average Bonchev–Trinajstić information content (AvgIpc) is 1.61. The van der Waals surface area contributed by atoms with Gasteiger partial charge in [0.15, 0.2) is 0 Å². The van der Waals surface area contributed by atoms with E-state index >= 15 is 0 Å². The fraction of sp³-hybridized carbons (Fsp3) is 0.400. The van der Waals surface area contributed by atoms with Crippen LogP contribution in [0.15, 0.2) is 12.2 Å². The molecule has 0 fully saturated rings. The van der Waals surface area contributed by atoms with Gasteiger partial charge in [-0.25, -0.2) is 0 Å². The van der Waals surface area contributed by atoms with Gasteiger partial charge in [-0.3, -0.25) is 0 Å². The molecule has 0 radical (unpaired) electrons. The van der Waals surface area contributed by atoms with E-state index in [0.29, 0.717) is 0 Å². The Morgan fingerprint density at radius 2 is 2.33 bits per heavy atom. The Morgan fingerprint density at radius 3 is 2.50 bits per heavy atom. The molecule has 0 aliphatic rings. The SMILES string of the molecule is CC=CCC=S. The molecule has 0 aromatic rings. The minimum atomic E-state index is 0.922. The third-order valence-corrected chi connectivity index (χ3v) is 0.660. The van der Waals surface area contributed by atoms with Crippen LogP contribution in [-0.4, -0.2) is 5.37 Å². The Hall–Kier alpha value is -0.170. The minimum Gasteiger partial charge on any atom is -0.0931 e. The highest BCUT2D eigenvalue weighted by Gasteiger charge is 1.59. The van der Waals surface area contributed by atoms with Crippen LogP contribution in [0.5, 0.6) is 0 Å². The van der Waals surface area contributed by atoms with Crippen molar-refractivity contribution in [2.75, 3.05) is 0 Å². The molecule has 0 spiro atoms. The Labute approximate surface area is 43.9 Å². The molecule has 0 aliphatic heterocycles. The lowest BCUT2D eigenvalue weighted by atomic mass is 10.4. The molecule has 0 unspecified atom stereocenters. The van der Waals surface area contributed by atoms with Gasteiger partial charge >= 0.3 is 0 Å². The Morgan fingerprint density at radius 1 is 1.67 bits per heavy atom. The average molecular weight is 100 g/mol. The fourth-order valence-corrected chi connectivity index (χ4v) is 0.303. The van der Waals surface area contributed by atoms with Crippen molar-refractivity contribution in [1.29, 1.82) is 0 Å². The van der Waals surface area contributed by atoms with Crippen LogP contribution in [0.1, 0.15) is 13.3 Å². The monoisotopic (exact) mass is 100 g/mol. The zero-order chi connectivity index (χ0) is 4.83. The van der Waals surface area contributed by atoms with Crippen molar-refractivity contribution in [3.63, 3.8) is 0 Å². The summed E-state index contributed by atoms with van der Waals surface area (Å²) in [4.78, 5) is 0. The van der Waals surface area contributed by atoms with E-state index in [2.05, 4.69) is 12.2 Å². The molecule has 0 bridgehead atoms. The highest BCUT2D eigenvalue weighted by atomic mass is 32.1. The van der Waals surface area contributed by atoms with Crippen molar-refractivity contribution < 1.29 is 0 Å². The number of hydrogen-bond donors (Lipinski definition) is 0. The maximum Gasteiger partial charge on any atom is -0.00640 e. The molecule has 0 amide bonds. The summed E-state index contributed by atoms with van der Waals surface area (Å²) in [7, 11) is 0. The van der Waals surface area contributed by atoms with Gasteiger partial charge in [0.25, 0.3) is 0 Å². The van der Waals surface area contributed by atoms with Gasteiger partial charge in [0.2, 0.25) is 0 Å². The number of rotatable bonds is 2. The van der Waals surface area contributed by atoms with Crippen LogP contribution < -0.4 is 0 Å². The molecule has 34 valence electrons. The molecule has 0 N–H and O–H groups in total. The lowest BCUT2D eigenvalue weighted by Crippen LogP contribution is -1.57. The summed E-state index contributed by atoms with van der Waals surface area (Å²) in [6.45, 7) is 1.98. The second-order valence-corrected chi connectivity index (χ2v) is 1.30. The minimum absolute atomic E-state index is 0.922. The third kappa shape index (κ3) is 3.83. The number of thiocarbonyl (C=S) groups is 1. The normalized spacial score (nSPS) is 9.50. The van der Waals surface area contributed by atoms with Gasteiger partial charge in [-0.15, -0.1) is 0 Å². The molecule has 0 rings (SSSR count). The summed E-state index contributed by atoms with van der Waals surface area (Å²) in [6.07, 6.45) is 4.93. The molecule has 0 heterocycles. The van der Waals surface area contributed by atoms with E-state index in [1.165, 1.54) is 0 Å². The summed E-state index contributed by atoms with van der Waals surface area (Å²) < 4.78 is 0. The van der Waals surface area contributed by atoms with Crippen molar-refractivity contribution in [1.82, 2.24) is 0 Å². The third-order valence-electron chi connectivity index (χ3n) is 0.468. The molecular formula is C5H8S. The van der Waals surface area contributed by atoms with E-state index in [-0.39, 0.29) is 0 Å². The number of hydrogen-bond acceptors (Lipinski definition) is 1. The molecule has 0 nitrogen and oxygen atoms in total. The van der Waals surface area contributed by atoms with E-state index < -0.39 is 0 Å². The predicted octanol–water partition coefficient (Wildman–Crippen LogP) is 1.95. The first-order valence-electron chi connectivity index (χ1n) is 1.96. The maximum atomic E-state index is 4.54. The largest absolute Gasteiger partial charge is 0.0931 e. The van der Waals surface area contributed by atoms with Crippen LogP contribution in [-0.2, 0) is 0 Å². The van der Waals surface area contributed by atoms with Crippen LogP contribution in [0.3, 0.4) is 0 Å². The molecule has 6 heavy (non-hydrogen) atoms. The second kappa shape index (κ2) is 4.83. The molecular weight excluding hydrogens is 92.1 g/mol. The maximum absolute atomic E-state index is 4.54. The van der Waals surface area contributed by atoms with Gasteiger partial charge in [-0.05, 0) is 18.7 Å². The first kappa shape index (κ1) is 5.83. The van der Waals surface area contributed by atoms with E-state index in [9.17, 15) is 0 Å². The van der Waals surface area contributed by atoms with Crippen LogP contribution in [0.4, 0.5) is 0 Å². The Balaban J connectivity index is 2.85. The summed E-state index contributed by atoms with van der Waals surface area (Å²) >= 11 is 4.54. The summed E-state index contributed by atoms with van der Waals surface area (Å²) in [5, 5.41) is 1.71. The van der Waals surface area contributed by atoms with Gasteiger partial charge in [-0.2, -0.15) is 0 Å². The van der Waals surface area contributed by atoms with E-state index in [0.717, 1.165) is 6.42 Å². The summed E-state index contributed by atoms with van der Waals surface area (Å²) in [5.74, 6) is 0.